The van der Waals surface area contributed by atoms with Crippen molar-refractivity contribution < 1.29 is 25.3 Å². The van der Waals surface area contributed by atoms with Crippen molar-refractivity contribution in [2.45, 2.75) is 17.3 Å². The minimum atomic E-state index is -2.86. The molecule has 138 valence electrons. The predicted molar refractivity (Wildman–Crippen MR) is 99.0 cm³/mol. The Bertz CT molecular complexity index is 1060. The summed E-state index contributed by atoms with van der Waals surface area (Å²) in [5.74, 6) is -0.849. The Kier molecular flexibility index (Phi) is 4.33. The summed E-state index contributed by atoms with van der Waals surface area (Å²) in [7, 11) is -3.09. The van der Waals surface area contributed by atoms with Crippen LogP contribution in [-0.4, -0.2) is 46.5 Å². The second-order valence-electron chi connectivity index (χ2n) is 5.30. The maximum absolute atomic E-state index is 12.9. The molecule has 1 N–H and O–H groups in total. The average molecular weight is 380 g/mol. The summed E-state index contributed by atoms with van der Waals surface area (Å²) in [6.45, 7) is 0.497. The van der Waals surface area contributed by atoms with Gasteiger partial charge in [0.05, 0.1) is 53.8 Å². The zero-order chi connectivity index (χ0) is 22.6. The lowest BCUT2D eigenvalue weighted by Crippen LogP contribution is -2.07. The van der Waals surface area contributed by atoms with E-state index in [4.69, 9.17) is 21.1 Å². The average Bonchev–Trinajstić information content (AvgIpc) is 3.14. The molecule has 0 aliphatic carbocycles. The smallest absolute Gasteiger partial charge is 0.197 e. The van der Waals surface area contributed by atoms with E-state index in [9.17, 15) is 4.21 Å². The van der Waals surface area contributed by atoms with Crippen molar-refractivity contribution in [1.29, 1.82) is 0 Å². The number of imidazole rings is 1. The molecule has 0 aliphatic rings. The highest BCUT2D eigenvalue weighted by atomic mass is 32.2. The van der Waals surface area contributed by atoms with Gasteiger partial charge in [-0.2, -0.15) is 0 Å². The topological polar surface area (TPSA) is 86.3 Å². The fraction of sp³-hybridized carbons (Fsp3) is 0.333. The van der Waals surface area contributed by atoms with Crippen LogP contribution in [0.25, 0.3) is 11.0 Å². The fourth-order valence-electron chi connectivity index (χ4n) is 2.30. The summed E-state index contributed by atoms with van der Waals surface area (Å²) in [4.78, 5) is 11.2. The van der Waals surface area contributed by atoms with Gasteiger partial charge >= 0.3 is 0 Å². The number of pyridine rings is 1. The highest BCUT2D eigenvalue weighted by Gasteiger charge is 2.17. The second kappa shape index (κ2) is 8.77. The molecule has 0 fully saturated rings. The van der Waals surface area contributed by atoms with Gasteiger partial charge < -0.3 is 19.2 Å². The summed E-state index contributed by atoms with van der Waals surface area (Å²) in [5, 5.41) is 0.173. The number of para-hydroxylation sites is 2. The number of rotatable bonds is 9. The van der Waals surface area contributed by atoms with E-state index in [1.165, 1.54) is 7.11 Å². The summed E-state index contributed by atoms with van der Waals surface area (Å²) < 4.78 is 66.9. The van der Waals surface area contributed by atoms with Gasteiger partial charge in [0.25, 0.3) is 0 Å². The van der Waals surface area contributed by atoms with Crippen LogP contribution in [0, 0.1) is 0 Å². The molecule has 0 bridgehead atoms. The first-order valence-electron chi connectivity index (χ1n) is 10.3. The number of H-pyrrole nitrogens is 1. The van der Waals surface area contributed by atoms with Gasteiger partial charge in [-0.25, -0.2) is 4.98 Å². The van der Waals surface area contributed by atoms with E-state index in [1.54, 1.807) is 18.2 Å². The van der Waals surface area contributed by atoms with E-state index in [0.717, 1.165) is 0 Å². The number of hydrogen-bond donors (Lipinski definition) is 1. The van der Waals surface area contributed by atoms with Crippen molar-refractivity contribution in [3.05, 3.63) is 42.2 Å². The van der Waals surface area contributed by atoms with E-state index in [1.807, 2.05) is 6.07 Å². The van der Waals surface area contributed by atoms with Gasteiger partial charge in [-0.3, -0.25) is 9.19 Å². The Morgan fingerprint density at radius 1 is 1.35 bits per heavy atom. The maximum atomic E-state index is 12.9. The molecule has 3 aromatic rings. The van der Waals surface area contributed by atoms with Crippen molar-refractivity contribution in [2.24, 2.45) is 0 Å². The Hall–Kier alpha value is -2.45. The monoisotopic (exact) mass is 380 g/mol. The summed E-state index contributed by atoms with van der Waals surface area (Å²) >= 11 is 0. The molecule has 0 spiro atoms. The Morgan fingerprint density at radius 3 is 3.04 bits per heavy atom. The molecular weight excluding hydrogens is 354 g/mol. The van der Waals surface area contributed by atoms with Crippen LogP contribution in [0.4, 0.5) is 0 Å². The number of benzene rings is 1. The zero-order valence-corrected chi connectivity index (χ0v) is 14.9. The first-order valence-corrected chi connectivity index (χ1v) is 9.15. The Labute approximate surface area is 161 Å². The van der Waals surface area contributed by atoms with Crippen LogP contribution in [0.1, 0.15) is 19.0 Å². The SMILES string of the molecule is [2H]c1nc(CS(=O)c2nc3ccccc3[nH]2)c(OC([2H])([2H])[2H])c(OCCCOC)c1[2H]. The second-order valence-corrected chi connectivity index (χ2v) is 6.67. The number of aromatic amines is 1. The van der Waals surface area contributed by atoms with Gasteiger partial charge in [-0.15, -0.1) is 0 Å². The molecule has 1 aromatic carbocycles. The number of nitrogens with zero attached hydrogens (tertiary/aromatic N) is 2. The standard InChI is InChI=1S/C18H21N3O4S/c1-23-10-5-11-25-16-8-9-19-15(17(16)24-2)12-26(22)18-20-13-6-3-4-7-14(13)21-18/h3-4,6-9H,5,10-12H2,1-2H3,(H,20,21)/i2D3,8D,9D. The molecule has 2 heterocycles. The lowest BCUT2D eigenvalue weighted by Gasteiger charge is -2.13. The normalized spacial score (nSPS) is 15.5. The molecule has 26 heavy (non-hydrogen) atoms. The number of ether oxygens (including phenoxy) is 3. The van der Waals surface area contributed by atoms with E-state index in [2.05, 4.69) is 15.0 Å². The lowest BCUT2D eigenvalue weighted by molar-refractivity contribution is 0.170. The molecule has 0 aliphatic heterocycles. The van der Waals surface area contributed by atoms with Crippen LogP contribution in [0.2, 0.25) is 0 Å². The lowest BCUT2D eigenvalue weighted by atomic mass is 10.3. The number of nitrogens with one attached hydrogen (secondary N) is 1. The van der Waals surface area contributed by atoms with Crippen molar-refractivity contribution >= 4 is 21.8 Å². The fourth-order valence-corrected chi connectivity index (χ4v) is 3.30. The third-order valence-corrected chi connectivity index (χ3v) is 4.68. The van der Waals surface area contributed by atoms with E-state index in [0.29, 0.717) is 24.1 Å². The van der Waals surface area contributed by atoms with Crippen LogP contribution in [-0.2, 0) is 21.3 Å². The Morgan fingerprint density at radius 2 is 2.23 bits per heavy atom. The van der Waals surface area contributed by atoms with Crippen molar-refractivity contribution in [1.82, 2.24) is 15.0 Å². The molecule has 1 atom stereocenters. The van der Waals surface area contributed by atoms with Gasteiger partial charge in [-0.1, -0.05) is 12.1 Å². The molecule has 0 saturated heterocycles. The molecule has 0 radical (unpaired) electrons. The molecule has 7 nitrogen and oxygen atoms in total. The van der Waals surface area contributed by atoms with Crippen LogP contribution in [0.3, 0.4) is 0 Å². The quantitative estimate of drug-likeness (QED) is 0.575. The molecule has 0 saturated carbocycles. The minimum absolute atomic E-state index is 0.0716. The third-order valence-electron chi connectivity index (χ3n) is 3.52. The van der Waals surface area contributed by atoms with Crippen LogP contribution < -0.4 is 9.47 Å². The molecular formula is C18H21N3O4S. The van der Waals surface area contributed by atoms with Crippen molar-refractivity contribution in [3.63, 3.8) is 0 Å². The molecule has 2 aromatic heterocycles. The van der Waals surface area contributed by atoms with Crippen LogP contribution >= 0.6 is 0 Å². The van der Waals surface area contributed by atoms with Gasteiger partial charge in [0.2, 0.25) is 0 Å². The highest BCUT2D eigenvalue weighted by molar-refractivity contribution is 7.84. The van der Waals surface area contributed by atoms with Crippen molar-refractivity contribution in [3.8, 4) is 11.5 Å². The van der Waals surface area contributed by atoms with Crippen LogP contribution in [0.15, 0.2) is 41.6 Å². The van der Waals surface area contributed by atoms with E-state index < -0.39 is 30.1 Å². The van der Waals surface area contributed by atoms with Gasteiger partial charge in [0.1, 0.15) is 0 Å². The van der Waals surface area contributed by atoms with Gasteiger partial charge in [0.15, 0.2) is 16.7 Å². The Balaban J connectivity index is 1.96. The summed E-state index contributed by atoms with van der Waals surface area (Å²) in [6.07, 6.45) is 0.0234. The number of methoxy groups -OCH3 is 2. The maximum Gasteiger partial charge on any atom is 0.197 e. The first kappa shape index (κ1) is 12.8. The largest absolute Gasteiger partial charge is 0.491 e. The van der Waals surface area contributed by atoms with E-state index >= 15 is 0 Å². The predicted octanol–water partition coefficient (Wildman–Crippen LogP) is 2.69. The summed E-state index contributed by atoms with van der Waals surface area (Å²) in [6, 6.07) is 6.73. The van der Waals surface area contributed by atoms with Gasteiger partial charge in [0, 0.05) is 32.4 Å². The minimum Gasteiger partial charge on any atom is -0.491 e. The third kappa shape index (κ3) is 4.20. The van der Waals surface area contributed by atoms with E-state index in [-0.39, 0.29) is 34.7 Å². The first-order chi connectivity index (χ1) is 14.7. The highest BCUT2D eigenvalue weighted by Crippen LogP contribution is 2.31. The number of aromatic nitrogens is 3. The molecule has 0 amide bonds. The van der Waals surface area contributed by atoms with Crippen LogP contribution in [0.5, 0.6) is 11.5 Å². The zero-order valence-electron chi connectivity index (χ0n) is 19.1. The van der Waals surface area contributed by atoms with Gasteiger partial charge in [-0.05, 0) is 12.1 Å². The molecule has 8 heteroatoms. The molecule has 3 rings (SSSR count). The van der Waals surface area contributed by atoms with Crippen molar-refractivity contribution in [2.75, 3.05) is 27.4 Å². The number of hydrogen-bond acceptors (Lipinski definition) is 6. The summed E-state index contributed by atoms with van der Waals surface area (Å²) in [5.41, 5.74) is 1.25. The number of fused-ring (bicyclic) bond motifs is 1. The molecule has 1 unspecified atom stereocenters.